The number of nitrogens with one attached hydrogen (secondary N) is 1. The number of urea groups is 1. The monoisotopic (exact) mass is 340 g/mol. The van der Waals surface area contributed by atoms with Crippen molar-refractivity contribution in [3.63, 3.8) is 0 Å². The highest BCUT2D eigenvalue weighted by Gasteiger charge is 2.50. The molecule has 0 aromatic carbocycles. The minimum atomic E-state index is -4.83. The van der Waals surface area contributed by atoms with Crippen LogP contribution in [0.4, 0.5) is 4.79 Å². The van der Waals surface area contributed by atoms with Crippen LogP contribution >= 0.6 is 7.82 Å². The molecular weight excluding hydrogens is 327 g/mol. The van der Waals surface area contributed by atoms with Crippen molar-refractivity contribution < 1.29 is 48.2 Å². The average Bonchev–Trinajstić information content (AvgIpc) is 2.63. The predicted molar refractivity (Wildman–Crippen MR) is 63.7 cm³/mol. The van der Waals surface area contributed by atoms with Crippen LogP contribution in [0.5, 0.6) is 0 Å². The molecule has 2 aliphatic heterocycles. The van der Waals surface area contributed by atoms with Gasteiger partial charge in [-0.1, -0.05) is 0 Å². The Labute approximate surface area is 122 Å². The molecule has 0 radical (unpaired) electrons. The fourth-order valence-corrected chi connectivity index (χ4v) is 2.41. The van der Waals surface area contributed by atoms with Crippen molar-refractivity contribution in [3.05, 3.63) is 0 Å². The van der Waals surface area contributed by atoms with Crippen LogP contribution in [-0.2, 0) is 23.4 Å². The number of phosphoric ester groups is 1. The summed E-state index contributed by atoms with van der Waals surface area (Å²) in [6.07, 6.45) is -7.02. The highest BCUT2D eigenvalue weighted by Crippen LogP contribution is 2.37. The molecule has 124 valence electrons. The third-order valence-electron chi connectivity index (χ3n) is 3.04. The Bertz CT molecular complexity index is 527. The summed E-state index contributed by atoms with van der Waals surface area (Å²) in [7, 11) is -4.83. The zero-order valence-corrected chi connectivity index (χ0v) is 11.8. The minimum absolute atomic E-state index is 0.423. The Balaban J connectivity index is 2.09. The molecule has 5 N–H and O–H groups in total. The molecule has 0 aliphatic carbocycles. The molecule has 2 heterocycles. The van der Waals surface area contributed by atoms with Crippen molar-refractivity contribution in [2.24, 2.45) is 0 Å². The molecule has 0 aromatic rings. The summed E-state index contributed by atoms with van der Waals surface area (Å²) < 4.78 is 19.8. The van der Waals surface area contributed by atoms with Gasteiger partial charge in [0, 0.05) is 0 Å². The van der Waals surface area contributed by atoms with E-state index in [1.165, 1.54) is 0 Å². The van der Waals surface area contributed by atoms with E-state index in [0.717, 1.165) is 0 Å². The van der Waals surface area contributed by atoms with E-state index in [1.54, 1.807) is 0 Å². The molecule has 0 aromatic heterocycles. The molecule has 0 bridgehead atoms. The van der Waals surface area contributed by atoms with E-state index < -0.39 is 63.2 Å². The van der Waals surface area contributed by atoms with Crippen molar-refractivity contribution in [2.75, 3.05) is 6.61 Å². The van der Waals surface area contributed by atoms with Gasteiger partial charge >= 0.3 is 13.9 Å². The minimum Gasteiger partial charge on any atom is -0.387 e. The van der Waals surface area contributed by atoms with Gasteiger partial charge in [0.1, 0.15) is 24.7 Å². The number of hydrogen-bond donors (Lipinski definition) is 5. The van der Waals surface area contributed by atoms with Crippen LogP contribution in [0.15, 0.2) is 0 Å². The lowest BCUT2D eigenvalue weighted by Gasteiger charge is -2.30. The van der Waals surface area contributed by atoms with Crippen molar-refractivity contribution in [1.82, 2.24) is 10.2 Å². The summed E-state index contributed by atoms with van der Waals surface area (Å²) in [6.45, 7) is -0.776. The SMILES string of the molecule is O=C1CC(=O)N([C@@H]2O[C@H](COP(=O)(O)O)[C@@H](O)[C@H]2O)C(=O)N1. The predicted octanol–water partition coefficient (Wildman–Crippen LogP) is -2.99. The summed E-state index contributed by atoms with van der Waals surface area (Å²) in [5.41, 5.74) is 0. The van der Waals surface area contributed by atoms with Crippen molar-refractivity contribution >= 4 is 25.7 Å². The topological polar surface area (TPSA) is 183 Å². The molecule has 2 rings (SSSR count). The van der Waals surface area contributed by atoms with Gasteiger partial charge in [-0.15, -0.1) is 0 Å². The number of amides is 4. The fraction of sp³-hybridized carbons (Fsp3) is 0.667. The molecule has 0 saturated carbocycles. The molecule has 2 aliphatic rings. The number of aliphatic hydroxyl groups excluding tert-OH is 2. The maximum atomic E-state index is 11.7. The maximum Gasteiger partial charge on any atom is 0.469 e. The number of aliphatic hydroxyl groups is 2. The summed E-state index contributed by atoms with van der Waals surface area (Å²) in [5.74, 6) is -1.76. The third kappa shape index (κ3) is 3.50. The number of ether oxygens (including phenoxy) is 1. The first-order chi connectivity index (χ1) is 10.1. The van der Waals surface area contributed by atoms with Gasteiger partial charge in [0.25, 0.3) is 0 Å². The summed E-state index contributed by atoms with van der Waals surface area (Å²) in [5, 5.41) is 21.4. The van der Waals surface area contributed by atoms with Gasteiger partial charge in [0.2, 0.25) is 11.8 Å². The zero-order valence-electron chi connectivity index (χ0n) is 10.9. The molecule has 4 amide bonds. The number of rotatable bonds is 4. The lowest BCUT2D eigenvalue weighted by Crippen LogP contribution is -2.59. The normalized spacial score (nSPS) is 33.3. The first-order valence-electron chi connectivity index (χ1n) is 5.97. The lowest BCUT2D eigenvalue weighted by atomic mass is 10.1. The smallest absolute Gasteiger partial charge is 0.387 e. The second kappa shape index (κ2) is 6.01. The van der Waals surface area contributed by atoms with Crippen LogP contribution in [0.25, 0.3) is 0 Å². The Morgan fingerprint density at radius 1 is 1.27 bits per heavy atom. The van der Waals surface area contributed by atoms with Gasteiger partial charge in [-0.3, -0.25) is 19.4 Å². The van der Waals surface area contributed by atoms with Crippen molar-refractivity contribution in [1.29, 1.82) is 0 Å². The van der Waals surface area contributed by atoms with E-state index in [4.69, 9.17) is 14.5 Å². The van der Waals surface area contributed by atoms with Crippen LogP contribution < -0.4 is 5.32 Å². The number of nitrogens with zero attached hydrogens (tertiary/aromatic N) is 1. The van der Waals surface area contributed by atoms with Crippen molar-refractivity contribution in [2.45, 2.75) is 31.0 Å². The van der Waals surface area contributed by atoms with Gasteiger partial charge < -0.3 is 24.7 Å². The van der Waals surface area contributed by atoms with Crippen LogP contribution in [0.2, 0.25) is 0 Å². The van der Waals surface area contributed by atoms with Gasteiger partial charge in [0.05, 0.1) is 6.61 Å². The fourth-order valence-electron chi connectivity index (χ4n) is 2.07. The second-order valence-electron chi connectivity index (χ2n) is 4.63. The van der Waals surface area contributed by atoms with E-state index >= 15 is 0 Å². The van der Waals surface area contributed by atoms with Crippen LogP contribution in [-0.4, -0.2) is 73.9 Å². The quantitative estimate of drug-likeness (QED) is 0.261. The van der Waals surface area contributed by atoms with Gasteiger partial charge in [0.15, 0.2) is 6.23 Å². The number of carbonyl (C=O) groups excluding carboxylic acids is 3. The molecule has 0 unspecified atom stereocenters. The van der Waals surface area contributed by atoms with Gasteiger partial charge in [-0.25, -0.2) is 14.3 Å². The lowest BCUT2D eigenvalue weighted by molar-refractivity contribution is -0.150. The number of barbiturate groups is 1. The molecule has 0 spiro atoms. The first-order valence-corrected chi connectivity index (χ1v) is 7.51. The largest absolute Gasteiger partial charge is 0.469 e. The maximum absolute atomic E-state index is 11.7. The Hall–Kier alpha value is -1.40. The van der Waals surface area contributed by atoms with E-state index in [9.17, 15) is 29.2 Å². The Morgan fingerprint density at radius 2 is 1.91 bits per heavy atom. The summed E-state index contributed by atoms with van der Waals surface area (Å²) >= 11 is 0. The Kier molecular flexibility index (Phi) is 4.63. The van der Waals surface area contributed by atoms with E-state index in [1.807, 2.05) is 5.32 Å². The molecule has 2 fully saturated rings. The van der Waals surface area contributed by atoms with Gasteiger partial charge in [-0.2, -0.15) is 0 Å². The van der Waals surface area contributed by atoms with E-state index in [0.29, 0.717) is 4.90 Å². The number of carbonyl (C=O) groups is 3. The highest BCUT2D eigenvalue weighted by atomic mass is 31.2. The average molecular weight is 340 g/mol. The number of phosphoric acid groups is 1. The Morgan fingerprint density at radius 3 is 2.45 bits per heavy atom. The second-order valence-corrected chi connectivity index (χ2v) is 5.87. The number of hydrogen-bond acceptors (Lipinski definition) is 8. The molecule has 4 atom stereocenters. The highest BCUT2D eigenvalue weighted by molar-refractivity contribution is 7.46. The van der Waals surface area contributed by atoms with E-state index in [-0.39, 0.29) is 0 Å². The van der Waals surface area contributed by atoms with Gasteiger partial charge in [-0.05, 0) is 0 Å². The molecular formula is C9H13N2O10P. The summed E-state index contributed by atoms with van der Waals surface area (Å²) in [4.78, 5) is 51.9. The van der Waals surface area contributed by atoms with Crippen LogP contribution in [0, 0.1) is 0 Å². The van der Waals surface area contributed by atoms with Crippen LogP contribution in [0.1, 0.15) is 6.42 Å². The third-order valence-corrected chi connectivity index (χ3v) is 3.53. The number of imide groups is 2. The standard InChI is InChI=1S/C9H13N2O10P/c12-4-1-5(13)11(9(16)10-4)8-7(15)6(14)3(21-8)2-20-22(17,18)19/h3,6-8,14-15H,1-2H2,(H,10,12,16)(H2,17,18,19)/t3-,6-,7-,8-/m1/s1. The molecule has 13 heteroatoms. The zero-order chi connectivity index (χ0) is 16.7. The van der Waals surface area contributed by atoms with Crippen LogP contribution in [0.3, 0.4) is 0 Å². The molecule has 2 saturated heterocycles. The molecule has 12 nitrogen and oxygen atoms in total. The molecule has 22 heavy (non-hydrogen) atoms. The van der Waals surface area contributed by atoms with Crippen molar-refractivity contribution in [3.8, 4) is 0 Å². The van der Waals surface area contributed by atoms with E-state index in [2.05, 4.69) is 4.52 Å². The summed E-state index contributed by atoms with van der Waals surface area (Å²) in [6, 6.07) is -1.13. The first kappa shape index (κ1) is 17.0.